The van der Waals surface area contributed by atoms with Gasteiger partial charge in [0.15, 0.2) is 5.16 Å². The van der Waals surface area contributed by atoms with Gasteiger partial charge in [-0.2, -0.15) is 18.4 Å². The van der Waals surface area contributed by atoms with Crippen molar-refractivity contribution >= 4 is 11.8 Å². The van der Waals surface area contributed by atoms with Gasteiger partial charge >= 0.3 is 6.18 Å². The number of hydrogen-bond donors (Lipinski definition) is 1. The quantitative estimate of drug-likeness (QED) is 0.677. The van der Waals surface area contributed by atoms with Gasteiger partial charge in [-0.25, -0.2) is 4.98 Å². The smallest absolute Gasteiger partial charge is 0.300 e. The molecule has 1 heterocycles. The van der Waals surface area contributed by atoms with Crippen molar-refractivity contribution in [3.05, 3.63) is 45.7 Å². The summed E-state index contributed by atoms with van der Waals surface area (Å²) in [4.78, 5) is 18.6. The van der Waals surface area contributed by atoms with Crippen LogP contribution in [0.1, 0.15) is 24.0 Å². The van der Waals surface area contributed by atoms with Crippen LogP contribution in [-0.2, 0) is 5.41 Å². The van der Waals surface area contributed by atoms with E-state index in [1.54, 1.807) is 12.3 Å². The number of alkyl halides is 3. The van der Waals surface area contributed by atoms with Gasteiger partial charge in [0, 0.05) is 5.56 Å². The lowest BCUT2D eigenvalue weighted by Crippen LogP contribution is -2.28. The highest BCUT2D eigenvalue weighted by molar-refractivity contribution is 7.98. The molecule has 0 spiro atoms. The molecule has 1 aliphatic rings. The second-order valence-corrected chi connectivity index (χ2v) is 6.36. The van der Waals surface area contributed by atoms with Crippen LogP contribution in [0.5, 0.6) is 0 Å². The van der Waals surface area contributed by atoms with Gasteiger partial charge in [0.25, 0.3) is 5.56 Å². The molecule has 1 fully saturated rings. The summed E-state index contributed by atoms with van der Waals surface area (Å²) in [5.74, 6) is 0. The molecular formula is C16H12F3N3OS. The van der Waals surface area contributed by atoms with E-state index < -0.39 is 17.2 Å². The van der Waals surface area contributed by atoms with E-state index in [-0.39, 0.29) is 29.7 Å². The predicted molar refractivity (Wildman–Crippen MR) is 83.8 cm³/mol. The molecule has 3 rings (SSSR count). The zero-order valence-corrected chi connectivity index (χ0v) is 13.4. The summed E-state index contributed by atoms with van der Waals surface area (Å²) in [7, 11) is 0. The van der Waals surface area contributed by atoms with Gasteiger partial charge in [0.1, 0.15) is 11.6 Å². The lowest BCUT2D eigenvalue weighted by atomic mass is 9.93. The van der Waals surface area contributed by atoms with Crippen LogP contribution in [0, 0.1) is 11.3 Å². The van der Waals surface area contributed by atoms with Crippen LogP contribution in [-0.4, -0.2) is 22.4 Å². The highest BCUT2D eigenvalue weighted by Crippen LogP contribution is 2.58. The number of hydrogen-bond acceptors (Lipinski definition) is 4. The maximum Gasteiger partial charge on any atom is 0.398 e. The SMILES string of the molecule is CSc1nc(-c2ccc(C3(C(F)(F)F)CC3)cc2)c(C#N)c(=O)[nH]1. The van der Waals surface area contributed by atoms with E-state index in [2.05, 4.69) is 9.97 Å². The predicted octanol–water partition coefficient (Wildman–Crippen LogP) is 3.62. The largest absolute Gasteiger partial charge is 0.398 e. The Morgan fingerprint density at radius 2 is 1.92 bits per heavy atom. The number of H-pyrrole nitrogens is 1. The Bertz CT molecular complexity index is 877. The number of nitrogens with one attached hydrogen (secondary N) is 1. The van der Waals surface area contributed by atoms with Gasteiger partial charge in [0.2, 0.25) is 0 Å². The minimum atomic E-state index is -4.28. The maximum absolute atomic E-state index is 13.2. The Morgan fingerprint density at radius 3 is 2.38 bits per heavy atom. The fraction of sp³-hybridized carbons (Fsp3) is 0.312. The molecule has 2 aromatic rings. The Kier molecular flexibility index (Phi) is 3.92. The van der Waals surface area contributed by atoms with Gasteiger partial charge in [-0.3, -0.25) is 4.79 Å². The molecule has 1 aliphatic carbocycles. The number of benzene rings is 1. The molecule has 1 aromatic heterocycles. The van der Waals surface area contributed by atoms with E-state index in [0.717, 1.165) is 0 Å². The first-order valence-corrected chi connectivity index (χ1v) is 8.31. The van der Waals surface area contributed by atoms with Crippen molar-refractivity contribution in [2.24, 2.45) is 0 Å². The average molecular weight is 351 g/mol. The minimum Gasteiger partial charge on any atom is -0.300 e. The lowest BCUT2D eigenvalue weighted by molar-refractivity contribution is -0.160. The van der Waals surface area contributed by atoms with E-state index in [4.69, 9.17) is 5.26 Å². The van der Waals surface area contributed by atoms with Gasteiger partial charge in [-0.05, 0) is 24.7 Å². The molecule has 0 amide bonds. The molecule has 0 saturated heterocycles. The van der Waals surface area contributed by atoms with Crippen molar-refractivity contribution in [2.45, 2.75) is 29.6 Å². The molecule has 1 N–H and O–H groups in total. The highest BCUT2D eigenvalue weighted by atomic mass is 32.2. The summed E-state index contributed by atoms with van der Waals surface area (Å²) >= 11 is 1.21. The summed E-state index contributed by atoms with van der Waals surface area (Å²) in [6, 6.07) is 7.56. The first-order valence-electron chi connectivity index (χ1n) is 7.08. The topological polar surface area (TPSA) is 69.5 Å². The molecule has 4 nitrogen and oxygen atoms in total. The van der Waals surface area contributed by atoms with Crippen LogP contribution in [0.15, 0.2) is 34.2 Å². The van der Waals surface area contributed by atoms with E-state index in [0.29, 0.717) is 10.7 Å². The molecule has 0 aliphatic heterocycles. The fourth-order valence-electron chi connectivity index (χ4n) is 2.67. The Morgan fingerprint density at radius 1 is 1.29 bits per heavy atom. The van der Waals surface area contributed by atoms with Crippen molar-refractivity contribution in [2.75, 3.05) is 6.26 Å². The highest BCUT2D eigenvalue weighted by Gasteiger charge is 2.64. The normalized spacial score (nSPS) is 15.8. The van der Waals surface area contributed by atoms with E-state index >= 15 is 0 Å². The van der Waals surface area contributed by atoms with Crippen LogP contribution in [0.3, 0.4) is 0 Å². The third-order valence-corrected chi connectivity index (χ3v) is 4.79. The molecule has 1 aromatic carbocycles. The molecule has 0 atom stereocenters. The molecule has 0 unspecified atom stereocenters. The van der Waals surface area contributed by atoms with Crippen LogP contribution in [0.2, 0.25) is 0 Å². The maximum atomic E-state index is 13.2. The zero-order chi connectivity index (χ0) is 17.5. The molecule has 0 radical (unpaired) electrons. The number of nitriles is 1. The zero-order valence-electron chi connectivity index (χ0n) is 12.6. The summed E-state index contributed by atoms with van der Waals surface area (Å²) < 4.78 is 39.5. The second kappa shape index (κ2) is 5.67. The van der Waals surface area contributed by atoms with E-state index in [1.807, 2.05) is 0 Å². The van der Waals surface area contributed by atoms with Crippen molar-refractivity contribution in [1.29, 1.82) is 5.26 Å². The van der Waals surface area contributed by atoms with Crippen LogP contribution >= 0.6 is 11.8 Å². The number of nitrogens with zero attached hydrogens (tertiary/aromatic N) is 2. The molecule has 24 heavy (non-hydrogen) atoms. The number of aromatic amines is 1. The van der Waals surface area contributed by atoms with E-state index in [1.165, 1.54) is 36.0 Å². The van der Waals surface area contributed by atoms with Crippen molar-refractivity contribution in [1.82, 2.24) is 9.97 Å². The standard InChI is InChI=1S/C16H12F3N3OS/c1-24-14-21-12(11(8-20)13(23)22-14)9-2-4-10(5-3-9)15(6-7-15)16(17,18)19/h2-5H,6-7H2,1H3,(H,21,22,23). The first kappa shape index (κ1) is 16.6. The van der Waals surface area contributed by atoms with Crippen molar-refractivity contribution in [3.63, 3.8) is 0 Å². The van der Waals surface area contributed by atoms with Crippen molar-refractivity contribution in [3.8, 4) is 17.3 Å². The van der Waals surface area contributed by atoms with Crippen LogP contribution in [0.25, 0.3) is 11.3 Å². The third-order valence-electron chi connectivity index (χ3n) is 4.21. The van der Waals surface area contributed by atoms with Gasteiger partial charge < -0.3 is 4.98 Å². The number of thioether (sulfide) groups is 1. The Labute approximate surface area is 139 Å². The average Bonchev–Trinajstić information content (AvgIpc) is 3.36. The van der Waals surface area contributed by atoms with Crippen LogP contribution < -0.4 is 5.56 Å². The number of halogens is 3. The molecule has 0 bridgehead atoms. The molecule has 124 valence electrons. The van der Waals surface area contributed by atoms with E-state index in [9.17, 15) is 18.0 Å². The van der Waals surface area contributed by atoms with Gasteiger partial charge in [0.05, 0.1) is 11.1 Å². The summed E-state index contributed by atoms with van der Waals surface area (Å²) in [5.41, 5.74) is -1.66. The monoisotopic (exact) mass is 351 g/mol. The molecular weight excluding hydrogens is 339 g/mol. The third kappa shape index (κ3) is 2.59. The Hall–Kier alpha value is -2.27. The lowest BCUT2D eigenvalue weighted by Gasteiger charge is -2.19. The van der Waals surface area contributed by atoms with Crippen LogP contribution in [0.4, 0.5) is 13.2 Å². The summed E-state index contributed by atoms with van der Waals surface area (Å²) in [5, 5.41) is 9.50. The molecule has 8 heteroatoms. The van der Waals surface area contributed by atoms with Gasteiger partial charge in [-0.1, -0.05) is 36.0 Å². The number of rotatable bonds is 3. The minimum absolute atomic E-state index is 0.0825. The first-order chi connectivity index (χ1) is 11.3. The number of aromatic nitrogens is 2. The Balaban J connectivity index is 2.06. The van der Waals surface area contributed by atoms with Gasteiger partial charge in [-0.15, -0.1) is 0 Å². The fourth-order valence-corrected chi connectivity index (χ4v) is 3.05. The second-order valence-electron chi connectivity index (χ2n) is 5.57. The molecule has 1 saturated carbocycles. The summed E-state index contributed by atoms with van der Waals surface area (Å²) in [6.45, 7) is 0. The summed E-state index contributed by atoms with van der Waals surface area (Å²) in [6.07, 6.45) is -2.39. The van der Waals surface area contributed by atoms with Crippen molar-refractivity contribution < 1.29 is 13.2 Å².